The topological polar surface area (TPSA) is 16.4 Å². The van der Waals surface area contributed by atoms with Crippen LogP contribution in [-0.4, -0.2) is 0 Å². The summed E-state index contributed by atoms with van der Waals surface area (Å²) in [6, 6.07) is 77.5. The maximum atomic E-state index is 6.83. The molecule has 0 amide bonds. The van der Waals surface area contributed by atoms with E-state index in [1.54, 1.807) is 0 Å². The molecule has 0 bridgehead atoms. The second kappa shape index (κ2) is 13.7. The fourth-order valence-electron chi connectivity index (χ4n) is 9.93. The van der Waals surface area contributed by atoms with Crippen molar-refractivity contribution in [2.75, 3.05) is 4.90 Å². The summed E-state index contributed by atoms with van der Waals surface area (Å²) in [5, 5.41) is 6.95. The molecule has 0 saturated carbocycles. The summed E-state index contributed by atoms with van der Waals surface area (Å²) in [5.41, 5.74) is 17.3. The molecule has 10 aromatic carbocycles. The lowest BCUT2D eigenvalue weighted by molar-refractivity contribution is 0.660. The van der Waals surface area contributed by atoms with Gasteiger partial charge in [0.05, 0.1) is 0 Å². The van der Waals surface area contributed by atoms with Crippen molar-refractivity contribution in [2.45, 2.75) is 19.3 Å². The van der Waals surface area contributed by atoms with E-state index in [-0.39, 0.29) is 5.41 Å². The summed E-state index contributed by atoms with van der Waals surface area (Å²) in [5.74, 6) is 0. The Morgan fingerprint density at radius 1 is 0.344 bits per heavy atom. The normalized spacial score (nSPS) is 12.9. The number of nitrogens with zero attached hydrogens (tertiary/aromatic N) is 1. The van der Waals surface area contributed by atoms with Crippen LogP contribution in [0.5, 0.6) is 0 Å². The van der Waals surface area contributed by atoms with Gasteiger partial charge in [-0.1, -0.05) is 166 Å². The average molecular weight is 780 g/mol. The SMILES string of the molecule is CC1(C)c2ccccc2-c2ccc(N(c3cc(-c4ccccc4)cc(-c4ccccc4)c3)c3ccc4oc5c6ccccc6c(-c6ccc7ccccc7c6)cc5c4c3)cc21. The van der Waals surface area contributed by atoms with E-state index in [0.29, 0.717) is 0 Å². The molecule has 1 heterocycles. The van der Waals surface area contributed by atoms with Gasteiger partial charge in [0, 0.05) is 38.6 Å². The molecule has 12 rings (SSSR count). The molecule has 1 aromatic heterocycles. The molecule has 0 saturated heterocycles. The fourth-order valence-corrected chi connectivity index (χ4v) is 9.93. The molecule has 0 atom stereocenters. The van der Waals surface area contributed by atoms with Crippen molar-refractivity contribution in [3.05, 3.63) is 223 Å². The highest BCUT2D eigenvalue weighted by Crippen LogP contribution is 2.51. The van der Waals surface area contributed by atoms with Gasteiger partial charge in [-0.05, 0) is 132 Å². The van der Waals surface area contributed by atoms with Crippen LogP contribution in [0, 0.1) is 0 Å². The Bertz CT molecular complexity index is 3450. The lowest BCUT2D eigenvalue weighted by Gasteiger charge is -2.29. The van der Waals surface area contributed by atoms with Gasteiger partial charge in [0.25, 0.3) is 0 Å². The van der Waals surface area contributed by atoms with Crippen LogP contribution in [-0.2, 0) is 5.41 Å². The van der Waals surface area contributed by atoms with Crippen LogP contribution in [0.25, 0.3) is 88.0 Å². The monoisotopic (exact) mass is 779 g/mol. The van der Waals surface area contributed by atoms with E-state index in [4.69, 9.17) is 4.42 Å². The molecular formula is C59H41NO. The highest BCUT2D eigenvalue weighted by molar-refractivity contribution is 6.20. The Kier molecular flexibility index (Phi) is 7.92. The van der Waals surface area contributed by atoms with E-state index in [0.717, 1.165) is 55.5 Å². The molecule has 2 nitrogen and oxygen atoms in total. The van der Waals surface area contributed by atoms with Crippen LogP contribution < -0.4 is 4.90 Å². The number of benzene rings is 10. The minimum Gasteiger partial charge on any atom is -0.455 e. The molecule has 0 N–H and O–H groups in total. The van der Waals surface area contributed by atoms with Crippen molar-refractivity contribution < 1.29 is 4.42 Å². The van der Waals surface area contributed by atoms with Gasteiger partial charge in [-0.25, -0.2) is 0 Å². The first-order chi connectivity index (χ1) is 30.0. The first-order valence-electron chi connectivity index (χ1n) is 21.2. The summed E-state index contributed by atoms with van der Waals surface area (Å²) >= 11 is 0. The zero-order valence-electron chi connectivity index (χ0n) is 34.1. The summed E-state index contributed by atoms with van der Waals surface area (Å²) in [4.78, 5) is 2.45. The van der Waals surface area contributed by atoms with Gasteiger partial charge >= 0.3 is 0 Å². The number of fused-ring (bicyclic) bond motifs is 9. The lowest BCUT2D eigenvalue weighted by Crippen LogP contribution is -2.16. The second-order valence-electron chi connectivity index (χ2n) is 16.9. The number of rotatable bonds is 6. The van der Waals surface area contributed by atoms with Gasteiger partial charge in [0.15, 0.2) is 0 Å². The molecule has 0 aliphatic heterocycles. The van der Waals surface area contributed by atoms with Crippen molar-refractivity contribution in [2.24, 2.45) is 0 Å². The average Bonchev–Trinajstić information content (AvgIpc) is 3.80. The van der Waals surface area contributed by atoms with Gasteiger partial charge in [-0.3, -0.25) is 0 Å². The van der Waals surface area contributed by atoms with Crippen LogP contribution in [0.3, 0.4) is 0 Å². The maximum absolute atomic E-state index is 6.83. The van der Waals surface area contributed by atoms with Gasteiger partial charge in [-0.2, -0.15) is 0 Å². The predicted molar refractivity (Wildman–Crippen MR) is 257 cm³/mol. The van der Waals surface area contributed by atoms with Gasteiger partial charge in [0.2, 0.25) is 0 Å². The number of hydrogen-bond donors (Lipinski definition) is 0. The maximum Gasteiger partial charge on any atom is 0.143 e. The summed E-state index contributed by atoms with van der Waals surface area (Å²) in [7, 11) is 0. The molecule has 0 fully saturated rings. The minimum atomic E-state index is -0.153. The van der Waals surface area contributed by atoms with Crippen molar-refractivity contribution in [1.29, 1.82) is 0 Å². The number of anilines is 3. The molecule has 0 spiro atoms. The molecule has 0 radical (unpaired) electrons. The molecule has 1 aliphatic rings. The van der Waals surface area contributed by atoms with E-state index in [2.05, 4.69) is 231 Å². The highest BCUT2D eigenvalue weighted by Gasteiger charge is 2.36. The number of furan rings is 1. The first-order valence-corrected chi connectivity index (χ1v) is 21.2. The predicted octanol–water partition coefficient (Wildman–Crippen LogP) is 16.7. The van der Waals surface area contributed by atoms with Gasteiger partial charge in [-0.15, -0.1) is 0 Å². The Balaban J connectivity index is 1.11. The molecule has 0 unspecified atom stereocenters. The highest BCUT2D eigenvalue weighted by atomic mass is 16.3. The van der Waals surface area contributed by atoms with Crippen LogP contribution in [0.15, 0.2) is 217 Å². The van der Waals surface area contributed by atoms with E-state index in [9.17, 15) is 0 Å². The van der Waals surface area contributed by atoms with E-state index in [1.807, 2.05) is 0 Å². The number of hydrogen-bond acceptors (Lipinski definition) is 2. The second-order valence-corrected chi connectivity index (χ2v) is 16.9. The van der Waals surface area contributed by atoms with Crippen LogP contribution >= 0.6 is 0 Å². The summed E-state index contributed by atoms with van der Waals surface area (Å²) in [6.07, 6.45) is 0. The third kappa shape index (κ3) is 5.71. The van der Waals surface area contributed by atoms with Gasteiger partial charge in [0.1, 0.15) is 11.2 Å². The third-order valence-electron chi connectivity index (χ3n) is 13.0. The Hall–Kier alpha value is -7.68. The summed E-state index contributed by atoms with van der Waals surface area (Å²) < 4.78 is 6.83. The largest absolute Gasteiger partial charge is 0.455 e. The zero-order valence-corrected chi connectivity index (χ0v) is 34.1. The van der Waals surface area contributed by atoms with Crippen LogP contribution in [0.1, 0.15) is 25.0 Å². The molecule has 2 heteroatoms. The Morgan fingerprint density at radius 3 is 1.74 bits per heavy atom. The fraction of sp³-hybridized carbons (Fsp3) is 0.0508. The lowest BCUT2D eigenvalue weighted by atomic mass is 9.82. The summed E-state index contributed by atoms with van der Waals surface area (Å²) in [6.45, 7) is 4.72. The van der Waals surface area contributed by atoms with E-state index in [1.165, 1.54) is 60.7 Å². The van der Waals surface area contributed by atoms with E-state index < -0.39 is 0 Å². The van der Waals surface area contributed by atoms with Crippen molar-refractivity contribution in [1.82, 2.24) is 0 Å². The van der Waals surface area contributed by atoms with Crippen LogP contribution in [0.2, 0.25) is 0 Å². The first kappa shape index (κ1) is 35.3. The van der Waals surface area contributed by atoms with Crippen molar-refractivity contribution in [3.8, 4) is 44.5 Å². The minimum absolute atomic E-state index is 0.153. The molecule has 11 aromatic rings. The Morgan fingerprint density at radius 2 is 0.967 bits per heavy atom. The molecular weight excluding hydrogens is 739 g/mol. The standard InChI is InChI=1S/C59H41NO/c1-59(2)55-24-14-13-22-49(55)50-29-27-46(36-56(50)59)60(47-33-43(38-15-5-3-6-16-38)32-44(34-47)39-17-7-4-8-18-39)45-28-30-57-53(35-45)54-37-52(48-21-11-12-23-51(48)58(54)61-57)42-26-25-40-19-9-10-20-41(40)31-42/h3-37H,1-2H3. The zero-order chi connectivity index (χ0) is 40.7. The molecule has 1 aliphatic carbocycles. The Labute approximate surface area is 355 Å². The van der Waals surface area contributed by atoms with Gasteiger partial charge < -0.3 is 9.32 Å². The van der Waals surface area contributed by atoms with Crippen LogP contribution in [0.4, 0.5) is 17.1 Å². The van der Waals surface area contributed by atoms with Crippen molar-refractivity contribution >= 4 is 60.5 Å². The molecule has 288 valence electrons. The smallest absolute Gasteiger partial charge is 0.143 e. The molecule has 61 heavy (non-hydrogen) atoms. The quantitative estimate of drug-likeness (QED) is 0.167. The van der Waals surface area contributed by atoms with E-state index >= 15 is 0 Å². The van der Waals surface area contributed by atoms with Crippen molar-refractivity contribution in [3.63, 3.8) is 0 Å². The third-order valence-corrected chi connectivity index (χ3v) is 13.0.